The van der Waals surface area contributed by atoms with Gasteiger partial charge in [-0.2, -0.15) is 4.31 Å². The molecule has 1 saturated heterocycles. The zero-order valence-electron chi connectivity index (χ0n) is 14.2. The molecule has 0 N–H and O–H groups in total. The first kappa shape index (κ1) is 19.0. The van der Waals surface area contributed by atoms with Crippen LogP contribution < -0.4 is 0 Å². The number of thiazole rings is 1. The Morgan fingerprint density at radius 1 is 1.20 bits per heavy atom. The minimum atomic E-state index is -3.45. The van der Waals surface area contributed by atoms with Crippen molar-refractivity contribution in [2.45, 2.75) is 31.2 Å². The lowest BCUT2D eigenvalue weighted by molar-refractivity contribution is 0.180. The van der Waals surface area contributed by atoms with Gasteiger partial charge >= 0.3 is 0 Å². The Bertz CT molecular complexity index is 815. The van der Waals surface area contributed by atoms with E-state index in [0.29, 0.717) is 22.5 Å². The second-order valence-corrected chi connectivity index (χ2v) is 9.80. The van der Waals surface area contributed by atoms with Crippen molar-refractivity contribution in [2.75, 3.05) is 26.2 Å². The van der Waals surface area contributed by atoms with Crippen molar-refractivity contribution in [3.05, 3.63) is 44.8 Å². The van der Waals surface area contributed by atoms with E-state index in [9.17, 15) is 8.42 Å². The lowest BCUT2D eigenvalue weighted by atomic mass is 10.3. The summed E-state index contributed by atoms with van der Waals surface area (Å²) in [4.78, 5) is 7.27. The highest BCUT2D eigenvalue weighted by Crippen LogP contribution is 2.25. The predicted octanol–water partition coefficient (Wildman–Crippen LogP) is 3.36. The number of aryl methyl sites for hydroxylation is 1. The van der Waals surface area contributed by atoms with E-state index in [0.717, 1.165) is 38.2 Å². The van der Waals surface area contributed by atoms with Crippen molar-refractivity contribution in [1.82, 2.24) is 14.2 Å². The fourth-order valence-electron chi connectivity index (χ4n) is 2.90. The number of sulfonamides is 1. The standard InChI is InChI=1S/C17H22BrN3O2S2/c1-2-5-17-19-14(13-24-17)12-20-8-10-21(11-9-20)25(22,23)16-7-4-3-6-15(16)18/h3-4,6-7,13H,2,5,8-12H2,1H3. The fraction of sp³-hybridized carbons (Fsp3) is 0.471. The number of piperazine rings is 1. The van der Waals surface area contributed by atoms with E-state index in [1.165, 1.54) is 5.01 Å². The van der Waals surface area contributed by atoms with Crippen molar-refractivity contribution in [3.63, 3.8) is 0 Å². The molecular formula is C17H22BrN3O2S2. The monoisotopic (exact) mass is 443 g/mol. The molecule has 0 bridgehead atoms. The molecule has 1 aromatic heterocycles. The summed E-state index contributed by atoms with van der Waals surface area (Å²) in [6, 6.07) is 6.99. The smallest absolute Gasteiger partial charge is 0.244 e. The normalized spacial score (nSPS) is 17.0. The van der Waals surface area contributed by atoms with Gasteiger partial charge in [0, 0.05) is 42.6 Å². The van der Waals surface area contributed by atoms with Gasteiger partial charge in [-0.3, -0.25) is 4.90 Å². The van der Waals surface area contributed by atoms with Crippen LogP contribution in [0.5, 0.6) is 0 Å². The lowest BCUT2D eigenvalue weighted by Gasteiger charge is -2.33. The average molecular weight is 444 g/mol. The average Bonchev–Trinajstić information content (AvgIpc) is 3.03. The van der Waals surface area contributed by atoms with Gasteiger partial charge in [0.05, 0.1) is 15.6 Å². The predicted molar refractivity (Wildman–Crippen MR) is 104 cm³/mol. The Hall–Kier alpha value is -0.800. The molecule has 3 rings (SSSR count). The van der Waals surface area contributed by atoms with Gasteiger partial charge in [0.25, 0.3) is 0 Å². The molecule has 25 heavy (non-hydrogen) atoms. The van der Waals surface area contributed by atoms with Crippen LogP contribution >= 0.6 is 27.3 Å². The van der Waals surface area contributed by atoms with Crippen LogP contribution in [0.25, 0.3) is 0 Å². The maximum Gasteiger partial charge on any atom is 0.244 e. The highest BCUT2D eigenvalue weighted by molar-refractivity contribution is 9.10. The van der Waals surface area contributed by atoms with Crippen LogP contribution in [0.2, 0.25) is 0 Å². The van der Waals surface area contributed by atoms with Gasteiger partial charge < -0.3 is 0 Å². The Kier molecular flexibility index (Phi) is 6.27. The molecule has 0 saturated carbocycles. The molecule has 1 aliphatic rings. The van der Waals surface area contributed by atoms with Gasteiger partial charge in [0.15, 0.2) is 0 Å². The molecule has 0 spiro atoms. The van der Waals surface area contributed by atoms with E-state index in [2.05, 4.69) is 38.1 Å². The van der Waals surface area contributed by atoms with Gasteiger partial charge in [0.1, 0.15) is 0 Å². The van der Waals surface area contributed by atoms with Crippen LogP contribution in [0.15, 0.2) is 39.0 Å². The van der Waals surface area contributed by atoms with E-state index in [-0.39, 0.29) is 0 Å². The fourth-order valence-corrected chi connectivity index (χ4v) is 6.18. The SMILES string of the molecule is CCCc1nc(CN2CCN(S(=O)(=O)c3ccccc3Br)CC2)cs1. The molecule has 0 radical (unpaired) electrons. The molecule has 0 unspecified atom stereocenters. The van der Waals surface area contributed by atoms with Gasteiger partial charge in [-0.15, -0.1) is 11.3 Å². The number of hydrogen-bond acceptors (Lipinski definition) is 5. The maximum atomic E-state index is 12.8. The minimum Gasteiger partial charge on any atom is -0.295 e. The first-order valence-electron chi connectivity index (χ1n) is 8.41. The summed E-state index contributed by atoms with van der Waals surface area (Å²) in [5.74, 6) is 0. The number of aromatic nitrogens is 1. The third kappa shape index (κ3) is 4.49. The zero-order valence-corrected chi connectivity index (χ0v) is 17.4. The number of nitrogens with zero attached hydrogens (tertiary/aromatic N) is 3. The first-order valence-corrected chi connectivity index (χ1v) is 11.5. The summed E-state index contributed by atoms with van der Waals surface area (Å²) in [6.45, 7) is 5.43. The molecule has 1 fully saturated rings. The van der Waals surface area contributed by atoms with Gasteiger partial charge in [-0.05, 0) is 40.9 Å². The van der Waals surface area contributed by atoms with Crippen molar-refractivity contribution in [2.24, 2.45) is 0 Å². The van der Waals surface area contributed by atoms with Gasteiger partial charge in [0.2, 0.25) is 10.0 Å². The first-order chi connectivity index (χ1) is 12.0. The highest BCUT2D eigenvalue weighted by atomic mass is 79.9. The molecule has 1 aliphatic heterocycles. The molecule has 2 heterocycles. The van der Waals surface area contributed by atoms with Crippen molar-refractivity contribution in [3.8, 4) is 0 Å². The topological polar surface area (TPSA) is 53.5 Å². The molecular weight excluding hydrogens is 422 g/mol. The molecule has 1 aromatic carbocycles. The number of benzene rings is 1. The van der Waals surface area contributed by atoms with E-state index in [4.69, 9.17) is 0 Å². The summed E-state index contributed by atoms with van der Waals surface area (Å²) >= 11 is 5.06. The van der Waals surface area contributed by atoms with Crippen LogP contribution in [-0.2, 0) is 23.0 Å². The lowest BCUT2D eigenvalue weighted by Crippen LogP contribution is -2.48. The molecule has 0 atom stereocenters. The molecule has 0 amide bonds. The Morgan fingerprint density at radius 3 is 2.60 bits per heavy atom. The van der Waals surface area contributed by atoms with Gasteiger partial charge in [-0.1, -0.05) is 19.1 Å². The summed E-state index contributed by atoms with van der Waals surface area (Å²) in [5, 5.41) is 3.31. The van der Waals surface area contributed by atoms with Crippen molar-refractivity contribution >= 4 is 37.3 Å². The second-order valence-electron chi connectivity index (χ2n) is 6.09. The third-order valence-corrected chi connectivity index (χ3v) is 8.10. The molecule has 2 aromatic rings. The molecule has 0 aliphatic carbocycles. The summed E-state index contributed by atoms with van der Waals surface area (Å²) < 4.78 is 27.8. The maximum absolute atomic E-state index is 12.8. The summed E-state index contributed by atoms with van der Waals surface area (Å²) in [7, 11) is -3.45. The van der Waals surface area contributed by atoms with E-state index >= 15 is 0 Å². The number of halogens is 1. The molecule has 136 valence electrons. The largest absolute Gasteiger partial charge is 0.295 e. The number of hydrogen-bond donors (Lipinski definition) is 0. The quantitative estimate of drug-likeness (QED) is 0.686. The Labute approximate surface area is 161 Å². The van der Waals surface area contributed by atoms with Crippen LogP contribution in [-0.4, -0.2) is 48.8 Å². The van der Waals surface area contributed by atoms with E-state index < -0.39 is 10.0 Å². The third-order valence-electron chi connectivity index (χ3n) is 4.23. The van der Waals surface area contributed by atoms with Gasteiger partial charge in [-0.25, -0.2) is 13.4 Å². The Balaban J connectivity index is 1.60. The summed E-state index contributed by atoms with van der Waals surface area (Å²) in [6.07, 6.45) is 2.14. The van der Waals surface area contributed by atoms with E-state index in [1.807, 2.05) is 6.07 Å². The zero-order chi connectivity index (χ0) is 17.9. The van der Waals surface area contributed by atoms with Crippen molar-refractivity contribution < 1.29 is 8.42 Å². The highest BCUT2D eigenvalue weighted by Gasteiger charge is 2.29. The minimum absolute atomic E-state index is 0.340. The molecule has 8 heteroatoms. The van der Waals surface area contributed by atoms with Crippen LogP contribution in [0.3, 0.4) is 0 Å². The van der Waals surface area contributed by atoms with Crippen LogP contribution in [0, 0.1) is 0 Å². The van der Waals surface area contributed by atoms with Crippen LogP contribution in [0.4, 0.5) is 0 Å². The Morgan fingerprint density at radius 2 is 1.92 bits per heavy atom. The van der Waals surface area contributed by atoms with Crippen LogP contribution in [0.1, 0.15) is 24.0 Å². The second kappa shape index (κ2) is 8.26. The molecule has 5 nitrogen and oxygen atoms in total. The summed E-state index contributed by atoms with van der Waals surface area (Å²) in [5.41, 5.74) is 1.09. The van der Waals surface area contributed by atoms with Crippen molar-refractivity contribution in [1.29, 1.82) is 0 Å². The number of rotatable bonds is 6. The van der Waals surface area contributed by atoms with E-state index in [1.54, 1.807) is 33.8 Å².